The second-order valence-electron chi connectivity index (χ2n) is 9.73. The molecule has 34 heavy (non-hydrogen) atoms. The number of allylic oxidation sites excluding steroid dienone is 1. The van der Waals surface area contributed by atoms with Crippen LogP contribution in [0.25, 0.3) is 16.7 Å². The minimum Gasteiger partial charge on any atom is -0.441 e. The predicted octanol–water partition coefficient (Wildman–Crippen LogP) is 3.83. The van der Waals surface area contributed by atoms with Crippen molar-refractivity contribution in [3.8, 4) is 11.1 Å². The van der Waals surface area contributed by atoms with E-state index in [0.717, 1.165) is 67.6 Å². The molecule has 4 heterocycles. The van der Waals surface area contributed by atoms with Gasteiger partial charge in [0.2, 0.25) is 0 Å². The van der Waals surface area contributed by atoms with Crippen LogP contribution in [0.4, 0.5) is 10.5 Å². The Hall–Kier alpha value is -2.90. The smallest absolute Gasteiger partial charge is 0.407 e. The third kappa shape index (κ3) is 3.77. The highest BCUT2D eigenvalue weighted by Gasteiger charge is 2.43. The summed E-state index contributed by atoms with van der Waals surface area (Å²) in [6.07, 6.45) is 11.8. The summed E-state index contributed by atoms with van der Waals surface area (Å²) in [6.45, 7) is 2.09. The summed E-state index contributed by atoms with van der Waals surface area (Å²) >= 11 is 6.65. The number of nitrogens with zero attached hydrogens (tertiary/aromatic N) is 3. The number of carbonyl (C=O) groups is 1. The number of aliphatic hydroxyl groups excluding tert-OH is 1. The molecule has 7 nitrogen and oxygen atoms in total. The van der Waals surface area contributed by atoms with Crippen molar-refractivity contribution >= 4 is 35.2 Å². The minimum atomic E-state index is -0.398. The summed E-state index contributed by atoms with van der Waals surface area (Å²) in [4.78, 5) is 18.2. The molecule has 2 atom stereocenters. The van der Waals surface area contributed by atoms with Crippen molar-refractivity contribution in [3.63, 3.8) is 0 Å². The van der Waals surface area contributed by atoms with Crippen molar-refractivity contribution in [1.82, 2.24) is 10.3 Å². The highest BCUT2D eigenvalue weighted by molar-refractivity contribution is 6.33. The number of ether oxygens (including phenoxy) is 1. The second kappa shape index (κ2) is 8.40. The normalized spacial score (nSPS) is 25.5. The van der Waals surface area contributed by atoms with Crippen molar-refractivity contribution in [2.45, 2.75) is 49.9 Å². The van der Waals surface area contributed by atoms with E-state index in [1.807, 2.05) is 6.20 Å². The van der Waals surface area contributed by atoms with Crippen LogP contribution < -0.4 is 10.2 Å². The van der Waals surface area contributed by atoms with Crippen LogP contribution in [0.1, 0.15) is 37.7 Å². The molecule has 6 rings (SSSR count). The Kier molecular flexibility index (Phi) is 5.34. The SMILES string of the molecule is O=C1NCC2(CCN(c3c(Cl)cncc3-c3ccc(C4=C[N+](C5CCCC5O)=C4)cc3)CC2)O1. The third-order valence-corrected chi connectivity index (χ3v) is 7.94. The molecule has 1 aliphatic carbocycles. The number of hydrogen-bond donors (Lipinski definition) is 2. The Morgan fingerprint density at radius 1 is 1.15 bits per heavy atom. The molecule has 0 radical (unpaired) electrons. The van der Waals surface area contributed by atoms with Gasteiger partial charge in [-0.25, -0.2) is 4.79 Å². The zero-order chi connectivity index (χ0) is 23.3. The fourth-order valence-electron chi connectivity index (χ4n) is 5.64. The Labute approximate surface area is 203 Å². The average Bonchev–Trinajstić information content (AvgIpc) is 3.39. The molecule has 1 amide bonds. The highest BCUT2D eigenvalue weighted by atomic mass is 35.5. The standard InChI is InChI=1S/C26H27ClN4O3/c27-21-13-28-12-20(24(21)30-10-8-26(9-11-30)16-29-25(33)34-26)18-6-4-17(5-7-18)19-14-31(15-19)22-2-1-3-23(22)32/h4-7,12-15,22-23,32H,1-3,8-11,16H2/p+1. The molecule has 1 aromatic heterocycles. The molecular formula is C26H28ClN4O3+. The van der Waals surface area contributed by atoms with E-state index >= 15 is 0 Å². The van der Waals surface area contributed by atoms with Crippen molar-refractivity contribution in [2.24, 2.45) is 0 Å². The molecule has 2 saturated heterocycles. The maximum absolute atomic E-state index is 11.6. The number of benzene rings is 1. The maximum Gasteiger partial charge on any atom is 0.407 e. The highest BCUT2D eigenvalue weighted by Crippen LogP contribution is 2.40. The molecule has 1 aromatic carbocycles. The average molecular weight is 480 g/mol. The molecule has 4 aliphatic rings. The first-order chi connectivity index (χ1) is 16.5. The lowest BCUT2D eigenvalue weighted by atomic mass is 9.90. The van der Waals surface area contributed by atoms with Crippen LogP contribution in [-0.2, 0) is 4.74 Å². The van der Waals surface area contributed by atoms with Gasteiger partial charge in [0.15, 0.2) is 18.5 Å². The summed E-state index contributed by atoms with van der Waals surface area (Å²) < 4.78 is 7.72. The largest absolute Gasteiger partial charge is 0.441 e. The summed E-state index contributed by atoms with van der Waals surface area (Å²) in [7, 11) is 0. The quantitative estimate of drug-likeness (QED) is 0.652. The first-order valence-electron chi connectivity index (χ1n) is 12.0. The number of carbonyl (C=O) groups excluding carboxylic acids is 1. The number of hydrogen-bond acceptors (Lipinski definition) is 5. The Bertz CT molecular complexity index is 1190. The molecule has 8 heteroatoms. The molecule has 3 fully saturated rings. The molecular weight excluding hydrogens is 452 g/mol. The number of anilines is 1. The second-order valence-corrected chi connectivity index (χ2v) is 10.1. The van der Waals surface area contributed by atoms with Gasteiger partial charge < -0.3 is 20.1 Å². The van der Waals surface area contributed by atoms with E-state index in [2.05, 4.69) is 56.5 Å². The van der Waals surface area contributed by atoms with Gasteiger partial charge in [-0.15, -0.1) is 0 Å². The molecule has 2 unspecified atom stereocenters. The van der Waals surface area contributed by atoms with Crippen molar-refractivity contribution in [2.75, 3.05) is 24.5 Å². The number of alkyl carbamates (subject to hydrolysis) is 1. The summed E-state index contributed by atoms with van der Waals surface area (Å²) in [6, 6.07) is 8.69. The van der Waals surface area contributed by atoms with Crippen LogP contribution in [0.5, 0.6) is 0 Å². The van der Waals surface area contributed by atoms with Crippen molar-refractivity contribution in [1.29, 1.82) is 0 Å². The molecule has 2 aromatic rings. The molecule has 1 spiro atoms. The minimum absolute atomic E-state index is 0.218. The molecule has 3 aliphatic heterocycles. The van der Waals surface area contributed by atoms with Crippen LogP contribution in [-0.4, -0.2) is 64.4 Å². The number of amides is 1. The topological polar surface area (TPSA) is 77.7 Å². The first kappa shape index (κ1) is 21.6. The van der Waals surface area contributed by atoms with Crippen LogP contribution in [0.2, 0.25) is 5.02 Å². The predicted molar refractivity (Wildman–Crippen MR) is 131 cm³/mol. The van der Waals surface area contributed by atoms with Gasteiger partial charge in [-0.05, 0) is 24.0 Å². The number of rotatable bonds is 4. The Morgan fingerprint density at radius 2 is 1.88 bits per heavy atom. The number of halogens is 1. The van der Waals surface area contributed by atoms with Gasteiger partial charge in [-0.1, -0.05) is 35.9 Å². The summed E-state index contributed by atoms with van der Waals surface area (Å²) in [5.74, 6) is 0. The van der Waals surface area contributed by atoms with E-state index < -0.39 is 5.60 Å². The van der Waals surface area contributed by atoms with E-state index in [9.17, 15) is 9.90 Å². The van der Waals surface area contributed by atoms with Gasteiger partial charge in [0.25, 0.3) is 0 Å². The Balaban J connectivity index is 1.20. The number of piperidine rings is 1. The van der Waals surface area contributed by atoms with E-state index in [1.54, 1.807) is 6.20 Å². The number of pyridine rings is 1. The maximum atomic E-state index is 11.6. The lowest BCUT2D eigenvalue weighted by Crippen LogP contribution is -2.46. The lowest BCUT2D eigenvalue weighted by molar-refractivity contribution is -0.511. The number of aromatic nitrogens is 1. The van der Waals surface area contributed by atoms with E-state index in [1.165, 1.54) is 5.57 Å². The fourth-order valence-corrected chi connectivity index (χ4v) is 5.92. The fraction of sp³-hybridized carbons (Fsp3) is 0.423. The third-order valence-electron chi connectivity index (χ3n) is 7.66. The van der Waals surface area contributed by atoms with Crippen LogP contribution in [0, 0.1) is 0 Å². The van der Waals surface area contributed by atoms with Crippen molar-refractivity contribution < 1.29 is 19.2 Å². The van der Waals surface area contributed by atoms with Gasteiger partial charge in [0, 0.05) is 50.3 Å². The van der Waals surface area contributed by atoms with Gasteiger partial charge in [-0.3, -0.25) is 4.98 Å². The van der Waals surface area contributed by atoms with Crippen molar-refractivity contribution in [3.05, 3.63) is 53.4 Å². The monoisotopic (exact) mass is 479 g/mol. The number of nitrogens with one attached hydrogen (secondary N) is 1. The zero-order valence-electron chi connectivity index (χ0n) is 18.9. The van der Waals surface area contributed by atoms with E-state index in [4.69, 9.17) is 16.3 Å². The van der Waals surface area contributed by atoms with Gasteiger partial charge in [-0.2, -0.15) is 4.58 Å². The summed E-state index contributed by atoms with van der Waals surface area (Å²) in [5.41, 5.74) is 4.97. The van der Waals surface area contributed by atoms with Crippen LogP contribution >= 0.6 is 11.6 Å². The van der Waals surface area contributed by atoms with E-state index in [0.29, 0.717) is 11.6 Å². The molecule has 0 bridgehead atoms. The van der Waals surface area contributed by atoms with Gasteiger partial charge >= 0.3 is 6.09 Å². The summed E-state index contributed by atoms with van der Waals surface area (Å²) in [5, 5.41) is 13.5. The molecule has 2 N–H and O–H groups in total. The van der Waals surface area contributed by atoms with E-state index in [-0.39, 0.29) is 18.2 Å². The van der Waals surface area contributed by atoms with Gasteiger partial charge in [0.05, 0.1) is 17.3 Å². The number of aliphatic hydroxyl groups is 1. The van der Waals surface area contributed by atoms with Crippen LogP contribution in [0.3, 0.4) is 0 Å². The Morgan fingerprint density at radius 3 is 2.53 bits per heavy atom. The van der Waals surface area contributed by atoms with Crippen LogP contribution in [0.15, 0.2) is 42.9 Å². The first-order valence-corrected chi connectivity index (χ1v) is 12.4. The van der Waals surface area contributed by atoms with Gasteiger partial charge in [0.1, 0.15) is 17.3 Å². The molecule has 176 valence electrons. The zero-order valence-corrected chi connectivity index (χ0v) is 19.7. The molecule has 1 saturated carbocycles. The lowest BCUT2D eigenvalue weighted by Gasteiger charge is -2.39.